The maximum absolute atomic E-state index is 12.3. The van der Waals surface area contributed by atoms with Gasteiger partial charge in [0.1, 0.15) is 0 Å². The topological polar surface area (TPSA) is 115 Å². The van der Waals surface area contributed by atoms with Gasteiger partial charge in [0.15, 0.2) is 11.5 Å². The second-order valence-electron chi connectivity index (χ2n) is 3.74. The summed E-state index contributed by atoms with van der Waals surface area (Å²) in [6, 6.07) is 4.03. The highest BCUT2D eigenvalue weighted by Crippen LogP contribution is 2.31. The number of nitrogens with two attached hydrogens (primary N) is 1. The second-order valence-corrected chi connectivity index (χ2v) is 3.74. The Morgan fingerprint density at radius 2 is 2.19 bits per heavy atom. The molecule has 0 unspecified atom stereocenters. The Morgan fingerprint density at radius 1 is 1.43 bits per heavy atom. The molecular formula is C11H11F2N5O3. The van der Waals surface area contributed by atoms with Gasteiger partial charge in [-0.05, 0) is 12.1 Å². The van der Waals surface area contributed by atoms with Crippen LogP contribution in [0.15, 0.2) is 18.2 Å². The first-order valence-corrected chi connectivity index (χ1v) is 5.61. The van der Waals surface area contributed by atoms with Crippen molar-refractivity contribution < 1.29 is 23.0 Å². The third-order valence-electron chi connectivity index (χ3n) is 2.36. The van der Waals surface area contributed by atoms with E-state index >= 15 is 0 Å². The molecule has 21 heavy (non-hydrogen) atoms. The number of carbonyl (C=O) groups is 1. The minimum absolute atomic E-state index is 0.0865. The van der Waals surface area contributed by atoms with Gasteiger partial charge in [0.2, 0.25) is 11.8 Å². The van der Waals surface area contributed by atoms with Crippen LogP contribution in [0.2, 0.25) is 0 Å². The molecule has 0 aliphatic carbocycles. The monoisotopic (exact) mass is 299 g/mol. The van der Waals surface area contributed by atoms with Crippen LogP contribution >= 0.6 is 0 Å². The Hall–Kier alpha value is -2.91. The number of aromatic amines is 1. The zero-order valence-electron chi connectivity index (χ0n) is 10.8. The molecule has 1 heterocycles. The molecule has 4 N–H and O–H groups in total. The van der Waals surface area contributed by atoms with Crippen molar-refractivity contribution in [2.45, 2.75) is 6.61 Å². The summed E-state index contributed by atoms with van der Waals surface area (Å²) < 4.78 is 33.8. The van der Waals surface area contributed by atoms with Crippen LogP contribution < -0.4 is 20.5 Å². The standard InChI is InChI=1S/C11H11F2N5O3/c1-20-6-3-2-5(4-7(6)21-10(12)13)15-9(19)8-16-11(14)18-17-8/h2-4,10H,1H3,(H,15,19)(H3,14,16,17,18). The molecular weight excluding hydrogens is 288 g/mol. The highest BCUT2D eigenvalue weighted by Gasteiger charge is 2.14. The minimum Gasteiger partial charge on any atom is -0.493 e. The number of rotatable bonds is 5. The molecule has 0 bridgehead atoms. The molecule has 112 valence electrons. The van der Waals surface area contributed by atoms with Gasteiger partial charge in [-0.3, -0.25) is 9.89 Å². The van der Waals surface area contributed by atoms with Crippen LogP contribution in [0.25, 0.3) is 0 Å². The number of ether oxygens (including phenoxy) is 2. The van der Waals surface area contributed by atoms with E-state index in [2.05, 4.69) is 25.2 Å². The quantitative estimate of drug-likeness (QED) is 0.765. The van der Waals surface area contributed by atoms with Gasteiger partial charge in [0.05, 0.1) is 7.11 Å². The van der Waals surface area contributed by atoms with E-state index in [4.69, 9.17) is 10.5 Å². The first-order valence-electron chi connectivity index (χ1n) is 5.61. The molecule has 0 atom stereocenters. The molecule has 0 aliphatic rings. The molecule has 0 spiro atoms. The fourth-order valence-corrected chi connectivity index (χ4v) is 1.51. The average molecular weight is 299 g/mol. The van der Waals surface area contributed by atoms with Crippen molar-refractivity contribution in [3.05, 3.63) is 24.0 Å². The van der Waals surface area contributed by atoms with Crippen molar-refractivity contribution in [3.63, 3.8) is 0 Å². The summed E-state index contributed by atoms with van der Waals surface area (Å²) in [5, 5.41) is 8.25. The molecule has 1 amide bonds. The molecule has 10 heteroatoms. The van der Waals surface area contributed by atoms with Gasteiger partial charge in [0, 0.05) is 11.8 Å². The van der Waals surface area contributed by atoms with Crippen LogP contribution in [0.4, 0.5) is 20.4 Å². The van der Waals surface area contributed by atoms with Crippen molar-refractivity contribution in [1.29, 1.82) is 0 Å². The second kappa shape index (κ2) is 6.03. The van der Waals surface area contributed by atoms with Crippen LogP contribution in [0.3, 0.4) is 0 Å². The molecule has 0 saturated carbocycles. The Morgan fingerprint density at radius 3 is 2.76 bits per heavy atom. The number of aromatic nitrogens is 3. The van der Waals surface area contributed by atoms with E-state index in [0.29, 0.717) is 0 Å². The normalized spacial score (nSPS) is 10.5. The van der Waals surface area contributed by atoms with Crippen molar-refractivity contribution in [2.24, 2.45) is 0 Å². The largest absolute Gasteiger partial charge is 0.493 e. The number of amides is 1. The summed E-state index contributed by atoms with van der Waals surface area (Å²) >= 11 is 0. The van der Waals surface area contributed by atoms with Gasteiger partial charge >= 0.3 is 6.61 Å². The summed E-state index contributed by atoms with van der Waals surface area (Å²) in [5.41, 5.74) is 5.49. The minimum atomic E-state index is -3.01. The van der Waals surface area contributed by atoms with Crippen molar-refractivity contribution in [1.82, 2.24) is 15.2 Å². The first kappa shape index (κ1) is 14.5. The van der Waals surface area contributed by atoms with E-state index in [1.807, 2.05) is 0 Å². The summed E-state index contributed by atoms with van der Waals surface area (Å²) in [5.74, 6) is -0.928. The smallest absolute Gasteiger partial charge is 0.387 e. The van der Waals surface area contributed by atoms with Crippen LogP contribution in [-0.2, 0) is 0 Å². The van der Waals surface area contributed by atoms with Crippen molar-refractivity contribution >= 4 is 17.5 Å². The molecule has 2 aromatic rings. The zero-order chi connectivity index (χ0) is 15.4. The van der Waals surface area contributed by atoms with Crippen LogP contribution in [0.5, 0.6) is 11.5 Å². The van der Waals surface area contributed by atoms with Crippen LogP contribution in [0, 0.1) is 0 Å². The third-order valence-corrected chi connectivity index (χ3v) is 2.36. The highest BCUT2D eigenvalue weighted by molar-refractivity contribution is 6.01. The summed E-state index contributed by atoms with van der Waals surface area (Å²) in [4.78, 5) is 15.4. The van der Waals surface area contributed by atoms with E-state index in [9.17, 15) is 13.6 Å². The molecule has 0 radical (unpaired) electrons. The predicted molar refractivity (Wildman–Crippen MR) is 68.4 cm³/mol. The lowest BCUT2D eigenvalue weighted by atomic mass is 10.2. The Kier molecular flexibility index (Phi) is 4.16. The lowest BCUT2D eigenvalue weighted by Gasteiger charge is -2.11. The highest BCUT2D eigenvalue weighted by atomic mass is 19.3. The number of anilines is 2. The number of nitrogen functional groups attached to an aromatic ring is 1. The summed E-state index contributed by atoms with van der Waals surface area (Å²) in [7, 11) is 1.31. The molecule has 0 aliphatic heterocycles. The van der Waals surface area contributed by atoms with Crippen LogP contribution in [-0.4, -0.2) is 34.8 Å². The van der Waals surface area contributed by atoms with Gasteiger partial charge < -0.3 is 20.5 Å². The zero-order valence-corrected chi connectivity index (χ0v) is 10.8. The number of nitrogens with one attached hydrogen (secondary N) is 2. The van der Waals surface area contributed by atoms with Gasteiger partial charge in [-0.2, -0.15) is 13.8 Å². The van der Waals surface area contributed by atoms with Gasteiger partial charge in [0.25, 0.3) is 5.91 Å². The molecule has 0 fully saturated rings. The number of carbonyl (C=O) groups excluding carboxylic acids is 1. The molecule has 8 nitrogen and oxygen atoms in total. The number of H-pyrrole nitrogens is 1. The number of halogens is 2. The van der Waals surface area contributed by atoms with Crippen molar-refractivity contribution in [2.75, 3.05) is 18.2 Å². The first-order chi connectivity index (χ1) is 9.99. The van der Waals surface area contributed by atoms with E-state index in [-0.39, 0.29) is 29.0 Å². The van der Waals surface area contributed by atoms with Crippen LogP contribution in [0.1, 0.15) is 10.6 Å². The van der Waals surface area contributed by atoms with E-state index < -0.39 is 12.5 Å². The van der Waals surface area contributed by atoms with E-state index in [0.717, 1.165) is 0 Å². The fourth-order valence-electron chi connectivity index (χ4n) is 1.51. The fraction of sp³-hybridized carbons (Fsp3) is 0.182. The molecule has 0 saturated heterocycles. The SMILES string of the molecule is COc1ccc(NC(=O)c2nc(N)n[nH]2)cc1OC(F)F. The lowest BCUT2D eigenvalue weighted by molar-refractivity contribution is -0.0511. The number of hydrogen-bond acceptors (Lipinski definition) is 6. The number of nitrogens with zero attached hydrogens (tertiary/aromatic N) is 2. The molecule has 1 aromatic heterocycles. The summed E-state index contributed by atoms with van der Waals surface area (Å²) in [6.07, 6.45) is 0. The Balaban J connectivity index is 2.18. The van der Waals surface area contributed by atoms with Crippen molar-refractivity contribution in [3.8, 4) is 11.5 Å². The number of methoxy groups -OCH3 is 1. The van der Waals surface area contributed by atoms with Gasteiger partial charge in [-0.25, -0.2) is 0 Å². The number of alkyl halides is 2. The van der Waals surface area contributed by atoms with Gasteiger partial charge in [-0.15, -0.1) is 5.10 Å². The summed E-state index contributed by atoms with van der Waals surface area (Å²) in [6.45, 7) is -3.01. The Bertz CT molecular complexity index is 647. The number of hydrogen-bond donors (Lipinski definition) is 3. The third kappa shape index (κ3) is 3.55. The molecule has 2 rings (SSSR count). The Labute approximate surface area is 117 Å². The average Bonchev–Trinajstić information content (AvgIpc) is 2.85. The maximum atomic E-state index is 12.3. The van der Waals surface area contributed by atoms with E-state index in [1.54, 1.807) is 0 Å². The predicted octanol–water partition coefficient (Wildman–Crippen LogP) is 1.25. The number of benzene rings is 1. The lowest BCUT2D eigenvalue weighted by Crippen LogP contribution is -2.14. The van der Waals surface area contributed by atoms with E-state index in [1.165, 1.54) is 25.3 Å². The maximum Gasteiger partial charge on any atom is 0.387 e. The molecule has 1 aromatic carbocycles. The van der Waals surface area contributed by atoms with Gasteiger partial charge in [-0.1, -0.05) is 0 Å².